The Morgan fingerprint density at radius 1 is 1.12 bits per heavy atom. The lowest BCUT2D eigenvalue weighted by molar-refractivity contribution is -0.122. The summed E-state index contributed by atoms with van der Waals surface area (Å²) >= 11 is 16.9. The van der Waals surface area contributed by atoms with E-state index in [2.05, 4.69) is 53.1 Å². The zero-order chi connectivity index (χ0) is 24.1. The smallest absolute Gasteiger partial charge is 0.266 e. The van der Waals surface area contributed by atoms with E-state index in [1.54, 1.807) is 32.4 Å². The molecule has 2 aromatic rings. The number of rotatable bonds is 8. The molecule has 0 saturated carbocycles. The third kappa shape index (κ3) is 6.60. The maximum atomic E-state index is 12.9. The first kappa shape index (κ1) is 26.2. The molecule has 6 nitrogen and oxygen atoms in total. The number of thioether (sulfide) groups is 1. The number of hydrogen-bond acceptors (Lipinski definition) is 6. The molecule has 0 aliphatic carbocycles. The fraction of sp³-hybridized carbons (Fsp3) is 0.227. The molecule has 0 bridgehead atoms. The van der Waals surface area contributed by atoms with Crippen LogP contribution in [0.2, 0.25) is 0 Å². The summed E-state index contributed by atoms with van der Waals surface area (Å²) in [6.07, 6.45) is 2.50. The zero-order valence-corrected chi connectivity index (χ0v) is 24.0. The fourth-order valence-electron chi connectivity index (χ4n) is 3.05. The first-order valence-electron chi connectivity index (χ1n) is 9.65. The van der Waals surface area contributed by atoms with Gasteiger partial charge in [0.15, 0.2) is 11.5 Å². The summed E-state index contributed by atoms with van der Waals surface area (Å²) in [7, 11) is 3.13. The molecule has 0 radical (unpaired) electrons. The largest absolute Gasteiger partial charge is 0.493 e. The quantitative estimate of drug-likeness (QED) is 0.250. The van der Waals surface area contributed by atoms with Crippen molar-refractivity contribution < 1.29 is 19.1 Å². The summed E-state index contributed by atoms with van der Waals surface area (Å²) < 4.78 is 13.4. The highest BCUT2D eigenvalue weighted by Gasteiger charge is 2.31. The van der Waals surface area contributed by atoms with Crippen LogP contribution in [-0.2, 0) is 9.59 Å². The standard InChI is InChI=1S/C22H19Br3N2O4S2/c1-30-16-6-5-12(8-17(16)31-2)9-18-21(29)27(22(32)33-18)7-3-4-19(28)26-20-14(24)10-13(23)11-15(20)25/h5-6,8-11H,3-4,7H2,1-2H3,(H,26,28)/b18-9-. The summed E-state index contributed by atoms with van der Waals surface area (Å²) in [4.78, 5) is 27.3. The van der Waals surface area contributed by atoms with Gasteiger partial charge in [-0.1, -0.05) is 46.0 Å². The van der Waals surface area contributed by atoms with Crippen LogP contribution in [0, 0.1) is 0 Å². The number of benzene rings is 2. The lowest BCUT2D eigenvalue weighted by Crippen LogP contribution is -2.29. The van der Waals surface area contributed by atoms with E-state index in [1.807, 2.05) is 18.2 Å². The Bertz CT molecular complexity index is 1120. The first-order chi connectivity index (χ1) is 15.7. The van der Waals surface area contributed by atoms with Crippen molar-refractivity contribution in [3.05, 3.63) is 54.2 Å². The van der Waals surface area contributed by atoms with Crippen LogP contribution in [0.1, 0.15) is 18.4 Å². The molecule has 2 amide bonds. The zero-order valence-electron chi connectivity index (χ0n) is 17.6. The van der Waals surface area contributed by atoms with Gasteiger partial charge in [-0.05, 0) is 74.2 Å². The van der Waals surface area contributed by atoms with Crippen molar-refractivity contribution in [1.82, 2.24) is 4.90 Å². The first-order valence-corrected chi connectivity index (χ1v) is 13.3. The van der Waals surface area contributed by atoms with Gasteiger partial charge in [-0.25, -0.2) is 0 Å². The van der Waals surface area contributed by atoms with Gasteiger partial charge in [-0.3, -0.25) is 14.5 Å². The van der Waals surface area contributed by atoms with Gasteiger partial charge in [0.1, 0.15) is 4.32 Å². The van der Waals surface area contributed by atoms with E-state index in [9.17, 15) is 9.59 Å². The molecule has 174 valence electrons. The van der Waals surface area contributed by atoms with Crippen molar-refractivity contribution in [1.29, 1.82) is 0 Å². The average molecular weight is 679 g/mol. The molecule has 1 saturated heterocycles. The highest BCUT2D eigenvalue weighted by atomic mass is 79.9. The molecular formula is C22H19Br3N2O4S2. The van der Waals surface area contributed by atoms with Crippen molar-refractivity contribution in [2.24, 2.45) is 0 Å². The topological polar surface area (TPSA) is 67.9 Å². The number of ether oxygens (including phenoxy) is 2. The lowest BCUT2D eigenvalue weighted by atomic mass is 10.2. The monoisotopic (exact) mass is 676 g/mol. The molecule has 1 fully saturated rings. The number of amides is 2. The summed E-state index contributed by atoms with van der Waals surface area (Å²) in [6.45, 7) is 0.365. The Morgan fingerprint density at radius 3 is 2.42 bits per heavy atom. The van der Waals surface area contributed by atoms with Gasteiger partial charge in [0.2, 0.25) is 5.91 Å². The van der Waals surface area contributed by atoms with Gasteiger partial charge in [0.05, 0.1) is 24.8 Å². The second-order valence-corrected chi connectivity index (χ2v) is 11.1. The third-order valence-corrected chi connectivity index (χ3v) is 7.72. The van der Waals surface area contributed by atoms with Crippen molar-refractivity contribution in [3.63, 3.8) is 0 Å². The Balaban J connectivity index is 1.59. The van der Waals surface area contributed by atoms with Crippen LogP contribution in [0.4, 0.5) is 5.69 Å². The lowest BCUT2D eigenvalue weighted by Gasteiger charge is -2.15. The summed E-state index contributed by atoms with van der Waals surface area (Å²) in [5.74, 6) is 0.878. The van der Waals surface area contributed by atoms with E-state index in [-0.39, 0.29) is 18.2 Å². The molecule has 2 aromatic carbocycles. The van der Waals surface area contributed by atoms with Gasteiger partial charge in [-0.15, -0.1) is 0 Å². The average Bonchev–Trinajstić information content (AvgIpc) is 3.03. The van der Waals surface area contributed by atoms with Gasteiger partial charge in [0, 0.05) is 26.4 Å². The minimum atomic E-state index is -0.168. The third-order valence-electron chi connectivity index (χ3n) is 4.64. The van der Waals surface area contributed by atoms with Gasteiger partial charge < -0.3 is 14.8 Å². The predicted octanol–water partition coefficient (Wildman–Crippen LogP) is 6.61. The van der Waals surface area contributed by atoms with E-state index in [0.29, 0.717) is 39.4 Å². The molecule has 0 unspecified atom stereocenters. The number of carbonyl (C=O) groups is 2. The van der Waals surface area contributed by atoms with Gasteiger partial charge >= 0.3 is 0 Å². The fourth-order valence-corrected chi connectivity index (χ4v) is 6.81. The van der Waals surface area contributed by atoms with E-state index < -0.39 is 0 Å². The van der Waals surface area contributed by atoms with E-state index in [1.165, 1.54) is 16.7 Å². The molecule has 1 heterocycles. The van der Waals surface area contributed by atoms with E-state index >= 15 is 0 Å². The molecule has 0 aromatic heterocycles. The van der Waals surface area contributed by atoms with Crippen LogP contribution in [0.3, 0.4) is 0 Å². The number of halogens is 3. The second kappa shape index (κ2) is 11.8. The Labute approximate surface area is 226 Å². The maximum Gasteiger partial charge on any atom is 0.266 e. The predicted molar refractivity (Wildman–Crippen MR) is 147 cm³/mol. The maximum absolute atomic E-state index is 12.9. The molecule has 0 spiro atoms. The molecule has 3 rings (SSSR count). The highest BCUT2D eigenvalue weighted by Crippen LogP contribution is 2.36. The minimum Gasteiger partial charge on any atom is -0.493 e. The summed E-state index contributed by atoms with van der Waals surface area (Å²) in [5, 5.41) is 2.89. The number of nitrogens with one attached hydrogen (secondary N) is 1. The van der Waals surface area contributed by atoms with Crippen molar-refractivity contribution in [2.45, 2.75) is 12.8 Å². The molecule has 0 atom stereocenters. The van der Waals surface area contributed by atoms with Crippen LogP contribution in [-0.4, -0.2) is 41.8 Å². The molecule has 1 aliphatic rings. The van der Waals surface area contributed by atoms with Crippen LogP contribution in [0.5, 0.6) is 11.5 Å². The van der Waals surface area contributed by atoms with Crippen molar-refractivity contribution in [3.8, 4) is 11.5 Å². The Hall–Kier alpha value is -1.40. The highest BCUT2D eigenvalue weighted by molar-refractivity contribution is 9.11. The number of methoxy groups -OCH3 is 2. The number of thiocarbonyl (C=S) groups is 1. The molecule has 33 heavy (non-hydrogen) atoms. The number of nitrogens with zero attached hydrogens (tertiary/aromatic N) is 1. The molecule has 11 heteroatoms. The van der Waals surface area contributed by atoms with Crippen molar-refractivity contribution >= 4 is 99.7 Å². The number of hydrogen-bond donors (Lipinski definition) is 1. The van der Waals surface area contributed by atoms with Crippen LogP contribution in [0.15, 0.2) is 48.7 Å². The van der Waals surface area contributed by atoms with Crippen molar-refractivity contribution in [2.75, 3.05) is 26.1 Å². The van der Waals surface area contributed by atoms with Gasteiger partial charge in [-0.2, -0.15) is 0 Å². The molecular weight excluding hydrogens is 660 g/mol. The van der Waals surface area contributed by atoms with E-state index in [4.69, 9.17) is 21.7 Å². The summed E-state index contributed by atoms with van der Waals surface area (Å²) in [6, 6.07) is 9.13. The molecule has 1 N–H and O–H groups in total. The number of carbonyl (C=O) groups excluding carboxylic acids is 2. The van der Waals surface area contributed by atoms with Crippen LogP contribution < -0.4 is 14.8 Å². The summed E-state index contributed by atoms with van der Waals surface area (Å²) in [5.41, 5.74) is 1.46. The SMILES string of the molecule is COc1ccc(/C=C2\SC(=S)N(CCCC(=O)Nc3c(Br)cc(Br)cc3Br)C2=O)cc1OC. The number of anilines is 1. The van der Waals surface area contributed by atoms with Crippen LogP contribution >= 0.6 is 71.8 Å². The van der Waals surface area contributed by atoms with E-state index in [0.717, 1.165) is 19.0 Å². The second-order valence-electron chi connectivity index (χ2n) is 6.84. The normalized spacial score (nSPS) is 14.7. The van der Waals surface area contributed by atoms with Gasteiger partial charge in [0.25, 0.3) is 5.91 Å². The Morgan fingerprint density at radius 2 is 1.79 bits per heavy atom. The van der Waals surface area contributed by atoms with Crippen LogP contribution in [0.25, 0.3) is 6.08 Å². The molecule has 1 aliphatic heterocycles. The Kier molecular flexibility index (Phi) is 9.40. The minimum absolute atomic E-state index is 0.148.